The minimum atomic E-state index is 0.412. The van der Waals surface area contributed by atoms with Crippen molar-refractivity contribution in [2.24, 2.45) is 0 Å². The van der Waals surface area contributed by atoms with Crippen molar-refractivity contribution in [3.63, 3.8) is 0 Å². The molecule has 0 radical (unpaired) electrons. The lowest BCUT2D eigenvalue weighted by Gasteiger charge is -2.10. The molecule has 0 spiro atoms. The van der Waals surface area contributed by atoms with Gasteiger partial charge < -0.3 is 15.0 Å². The average molecular weight is 403 g/mol. The van der Waals surface area contributed by atoms with E-state index in [9.17, 15) is 0 Å². The number of ether oxygens (including phenoxy) is 1. The molecule has 0 bridgehead atoms. The van der Waals surface area contributed by atoms with Gasteiger partial charge in [0, 0.05) is 18.2 Å². The second-order valence-corrected chi connectivity index (χ2v) is 7.27. The third-order valence-electron chi connectivity index (χ3n) is 5.06. The van der Waals surface area contributed by atoms with Crippen LogP contribution in [-0.2, 0) is 13.0 Å². The lowest BCUT2D eigenvalue weighted by Crippen LogP contribution is -2.06. The number of hydrogen-bond donors (Lipinski definition) is 1. The number of fused-ring (bicyclic) bond motifs is 1. The number of unbranched alkanes of at least 4 members (excludes halogenated alkanes) is 2. The van der Waals surface area contributed by atoms with Crippen LogP contribution in [0.3, 0.4) is 0 Å². The van der Waals surface area contributed by atoms with Crippen molar-refractivity contribution < 1.29 is 4.74 Å². The highest BCUT2D eigenvalue weighted by Crippen LogP contribution is 2.29. The predicted octanol–water partition coefficient (Wildman–Crippen LogP) is 4.26. The van der Waals surface area contributed by atoms with Crippen LogP contribution in [0.2, 0.25) is 0 Å². The Hall–Kier alpha value is -3.48. The van der Waals surface area contributed by atoms with Gasteiger partial charge in [-0.15, -0.1) is 0 Å². The smallest absolute Gasteiger partial charge is 0.166 e. The summed E-state index contributed by atoms with van der Waals surface area (Å²) >= 11 is 0. The van der Waals surface area contributed by atoms with Gasteiger partial charge >= 0.3 is 0 Å². The number of nitrogens with two attached hydrogens (primary N) is 1. The SMILES string of the molecule is CCCCCc1nc(N)c2nc(-c3cncc(OC)c3)n(Cc3ccccc3)c2n1. The van der Waals surface area contributed by atoms with Gasteiger partial charge in [0.15, 0.2) is 17.0 Å². The number of aryl methyl sites for hydroxylation is 1. The number of benzene rings is 1. The van der Waals surface area contributed by atoms with Crippen LogP contribution in [0.15, 0.2) is 48.8 Å². The van der Waals surface area contributed by atoms with Crippen molar-refractivity contribution in [2.75, 3.05) is 12.8 Å². The van der Waals surface area contributed by atoms with Crippen molar-refractivity contribution in [2.45, 2.75) is 39.2 Å². The monoisotopic (exact) mass is 402 g/mol. The zero-order chi connectivity index (χ0) is 20.9. The first-order valence-corrected chi connectivity index (χ1v) is 10.3. The maximum Gasteiger partial charge on any atom is 0.166 e. The highest BCUT2D eigenvalue weighted by molar-refractivity contribution is 5.85. The highest BCUT2D eigenvalue weighted by atomic mass is 16.5. The third-order valence-corrected chi connectivity index (χ3v) is 5.06. The molecule has 154 valence electrons. The molecule has 0 saturated heterocycles. The van der Waals surface area contributed by atoms with Gasteiger partial charge in [0.2, 0.25) is 0 Å². The molecule has 4 rings (SSSR count). The van der Waals surface area contributed by atoms with Gasteiger partial charge in [0.05, 0.1) is 19.9 Å². The van der Waals surface area contributed by atoms with E-state index in [1.807, 2.05) is 24.3 Å². The summed E-state index contributed by atoms with van der Waals surface area (Å²) < 4.78 is 7.44. The molecule has 30 heavy (non-hydrogen) atoms. The minimum absolute atomic E-state index is 0.412. The van der Waals surface area contributed by atoms with E-state index in [4.69, 9.17) is 20.4 Å². The van der Waals surface area contributed by atoms with Crippen molar-refractivity contribution in [3.05, 3.63) is 60.2 Å². The number of anilines is 1. The molecule has 3 aromatic heterocycles. The van der Waals surface area contributed by atoms with E-state index in [0.29, 0.717) is 23.6 Å². The maximum absolute atomic E-state index is 6.30. The van der Waals surface area contributed by atoms with Crippen LogP contribution < -0.4 is 10.5 Å². The Balaban J connectivity index is 1.86. The zero-order valence-electron chi connectivity index (χ0n) is 17.4. The van der Waals surface area contributed by atoms with Gasteiger partial charge in [-0.2, -0.15) is 0 Å². The van der Waals surface area contributed by atoms with Crippen LogP contribution in [0, 0.1) is 0 Å². The Morgan fingerprint density at radius 2 is 1.87 bits per heavy atom. The van der Waals surface area contributed by atoms with E-state index in [1.165, 1.54) is 0 Å². The number of aromatic nitrogens is 5. The molecule has 3 heterocycles. The quantitative estimate of drug-likeness (QED) is 0.443. The number of nitrogens with zero attached hydrogens (tertiary/aromatic N) is 5. The second kappa shape index (κ2) is 8.90. The Bertz CT molecular complexity index is 1140. The van der Waals surface area contributed by atoms with E-state index in [2.05, 4.69) is 33.6 Å². The topological polar surface area (TPSA) is 91.7 Å². The first kappa shape index (κ1) is 19.8. The fourth-order valence-electron chi connectivity index (χ4n) is 3.50. The third kappa shape index (κ3) is 4.10. The molecule has 0 unspecified atom stereocenters. The van der Waals surface area contributed by atoms with E-state index >= 15 is 0 Å². The zero-order valence-corrected chi connectivity index (χ0v) is 17.4. The van der Waals surface area contributed by atoms with Gasteiger partial charge in [0.1, 0.15) is 17.4 Å². The summed E-state index contributed by atoms with van der Waals surface area (Å²) in [5, 5.41) is 0. The molecule has 0 aliphatic carbocycles. The standard InChI is InChI=1S/C23H26N6O/c1-3-4-6-11-19-26-21(24)20-23(27-19)29(15-16-9-7-5-8-10-16)22(28-20)17-12-18(30-2)14-25-13-17/h5,7-10,12-14H,3-4,6,11,15H2,1-2H3,(H2,24,26,27). The Kier molecular flexibility index (Phi) is 5.88. The molecular weight excluding hydrogens is 376 g/mol. The molecule has 7 nitrogen and oxygen atoms in total. The van der Waals surface area contributed by atoms with Crippen molar-refractivity contribution >= 4 is 17.0 Å². The van der Waals surface area contributed by atoms with E-state index in [-0.39, 0.29) is 0 Å². The fraction of sp³-hybridized carbons (Fsp3) is 0.304. The van der Waals surface area contributed by atoms with Crippen LogP contribution in [0.1, 0.15) is 37.6 Å². The van der Waals surface area contributed by atoms with Crippen LogP contribution >= 0.6 is 0 Å². The first-order chi connectivity index (χ1) is 14.7. The largest absolute Gasteiger partial charge is 0.495 e. The van der Waals surface area contributed by atoms with Gasteiger partial charge in [-0.25, -0.2) is 15.0 Å². The molecule has 0 fully saturated rings. The Morgan fingerprint density at radius 3 is 2.63 bits per heavy atom. The Labute approximate surface area is 176 Å². The molecule has 0 saturated carbocycles. The fourth-order valence-corrected chi connectivity index (χ4v) is 3.50. The number of rotatable bonds is 8. The number of hydrogen-bond acceptors (Lipinski definition) is 6. The number of pyridine rings is 1. The molecule has 0 aliphatic rings. The van der Waals surface area contributed by atoms with Crippen LogP contribution in [0.4, 0.5) is 5.82 Å². The molecular formula is C23H26N6O. The van der Waals surface area contributed by atoms with Crippen LogP contribution in [-0.4, -0.2) is 31.6 Å². The van der Waals surface area contributed by atoms with Gasteiger partial charge in [-0.1, -0.05) is 50.1 Å². The molecule has 4 aromatic rings. The lowest BCUT2D eigenvalue weighted by atomic mass is 10.2. The Morgan fingerprint density at radius 1 is 1.03 bits per heavy atom. The summed E-state index contributed by atoms with van der Waals surface area (Å²) in [6.07, 6.45) is 7.59. The molecule has 0 amide bonds. The average Bonchev–Trinajstić information content (AvgIpc) is 3.14. The lowest BCUT2D eigenvalue weighted by molar-refractivity contribution is 0.413. The van der Waals surface area contributed by atoms with E-state index in [1.54, 1.807) is 19.5 Å². The summed E-state index contributed by atoms with van der Waals surface area (Å²) in [5.41, 5.74) is 9.66. The van der Waals surface area contributed by atoms with Gasteiger partial charge in [-0.05, 0) is 18.1 Å². The van der Waals surface area contributed by atoms with Crippen molar-refractivity contribution in [3.8, 4) is 17.1 Å². The molecule has 7 heteroatoms. The molecule has 0 atom stereocenters. The second-order valence-electron chi connectivity index (χ2n) is 7.27. The number of methoxy groups -OCH3 is 1. The summed E-state index contributed by atoms with van der Waals surface area (Å²) in [4.78, 5) is 18.5. The van der Waals surface area contributed by atoms with Gasteiger partial charge in [0.25, 0.3) is 0 Å². The predicted molar refractivity (Wildman–Crippen MR) is 118 cm³/mol. The van der Waals surface area contributed by atoms with Crippen molar-refractivity contribution in [1.29, 1.82) is 0 Å². The van der Waals surface area contributed by atoms with E-state index < -0.39 is 0 Å². The summed E-state index contributed by atoms with van der Waals surface area (Å²) in [7, 11) is 1.62. The maximum atomic E-state index is 6.30. The molecule has 1 aromatic carbocycles. The van der Waals surface area contributed by atoms with Crippen molar-refractivity contribution in [1.82, 2.24) is 24.5 Å². The van der Waals surface area contributed by atoms with Crippen LogP contribution in [0.5, 0.6) is 5.75 Å². The molecule has 2 N–H and O–H groups in total. The summed E-state index contributed by atoms with van der Waals surface area (Å²) in [5.74, 6) is 2.59. The number of imidazole rings is 1. The normalized spacial score (nSPS) is 11.1. The summed E-state index contributed by atoms with van der Waals surface area (Å²) in [6, 6.07) is 12.2. The first-order valence-electron chi connectivity index (χ1n) is 10.3. The highest BCUT2D eigenvalue weighted by Gasteiger charge is 2.19. The minimum Gasteiger partial charge on any atom is -0.495 e. The number of nitrogen functional groups attached to an aromatic ring is 1. The van der Waals surface area contributed by atoms with Gasteiger partial charge in [-0.3, -0.25) is 4.98 Å². The molecule has 0 aliphatic heterocycles. The van der Waals surface area contributed by atoms with E-state index in [0.717, 1.165) is 54.1 Å². The summed E-state index contributed by atoms with van der Waals surface area (Å²) in [6.45, 7) is 2.80. The van der Waals surface area contributed by atoms with Crippen LogP contribution in [0.25, 0.3) is 22.6 Å².